The molecule has 1 aliphatic heterocycles. The number of amides is 4. The van der Waals surface area contributed by atoms with Crippen LogP contribution in [0.2, 0.25) is 0 Å². The van der Waals surface area contributed by atoms with Gasteiger partial charge >= 0.3 is 0 Å². The van der Waals surface area contributed by atoms with Gasteiger partial charge in [0.1, 0.15) is 6.54 Å². The van der Waals surface area contributed by atoms with E-state index in [9.17, 15) is 19.2 Å². The molecule has 4 rings (SSSR count). The number of thioether (sulfide) groups is 1. The van der Waals surface area contributed by atoms with E-state index < -0.39 is 23.6 Å². The molecule has 3 aromatic rings. The van der Waals surface area contributed by atoms with Gasteiger partial charge < -0.3 is 20.1 Å². The number of nitrogens with zero attached hydrogens (tertiary/aromatic N) is 1. The first-order valence-electron chi connectivity index (χ1n) is 12.9. The summed E-state index contributed by atoms with van der Waals surface area (Å²) in [5.41, 5.74) is 5.94. The quantitative estimate of drug-likeness (QED) is 0.258. The molecule has 0 unspecified atom stereocenters. The largest absolute Gasteiger partial charge is 0.493 e. The van der Waals surface area contributed by atoms with Crippen LogP contribution in [-0.4, -0.2) is 48.1 Å². The maximum absolute atomic E-state index is 13.0. The molecule has 42 heavy (non-hydrogen) atoms. The van der Waals surface area contributed by atoms with Gasteiger partial charge in [0, 0.05) is 10.2 Å². The van der Waals surface area contributed by atoms with Crippen LogP contribution in [-0.2, 0) is 14.4 Å². The van der Waals surface area contributed by atoms with E-state index >= 15 is 0 Å². The number of aryl methyl sites for hydroxylation is 4. The molecule has 0 saturated carbocycles. The number of benzene rings is 3. The maximum atomic E-state index is 13.0. The van der Waals surface area contributed by atoms with Crippen LogP contribution in [0.25, 0.3) is 6.08 Å². The van der Waals surface area contributed by atoms with Crippen LogP contribution in [0.5, 0.6) is 11.5 Å². The van der Waals surface area contributed by atoms with Crippen LogP contribution in [0, 0.1) is 27.7 Å². The standard InChI is InChI=1S/C31H30BrN3O6S/c1-17-6-8-23(20(4)10-17)33-28(36)15-35-30(38)27(42-31(35)39)14-21-7-9-25(26(13-21)40-5)41-16-29(37)34-24-12-19(3)18(2)11-22(24)32/h6-14H,15-16H2,1-5H3,(H,33,36)(H,34,37)/b27-14+. The third kappa shape index (κ3) is 7.40. The number of anilines is 2. The molecule has 1 fully saturated rings. The summed E-state index contributed by atoms with van der Waals surface area (Å²) in [5, 5.41) is 5.05. The summed E-state index contributed by atoms with van der Waals surface area (Å²) in [7, 11) is 1.46. The van der Waals surface area contributed by atoms with Crippen molar-refractivity contribution in [3.05, 3.63) is 85.7 Å². The van der Waals surface area contributed by atoms with Crippen molar-refractivity contribution >= 4 is 68.1 Å². The van der Waals surface area contributed by atoms with Crippen molar-refractivity contribution < 1.29 is 28.7 Å². The van der Waals surface area contributed by atoms with Crippen molar-refractivity contribution in [2.24, 2.45) is 0 Å². The summed E-state index contributed by atoms with van der Waals surface area (Å²) in [4.78, 5) is 51.7. The Kier molecular flexibility index (Phi) is 9.74. The average molecular weight is 653 g/mol. The Morgan fingerprint density at radius 1 is 0.881 bits per heavy atom. The smallest absolute Gasteiger partial charge is 0.294 e. The summed E-state index contributed by atoms with van der Waals surface area (Å²) in [6, 6.07) is 14.3. The van der Waals surface area contributed by atoms with Gasteiger partial charge in [0.2, 0.25) is 5.91 Å². The van der Waals surface area contributed by atoms with Gasteiger partial charge in [-0.15, -0.1) is 0 Å². The van der Waals surface area contributed by atoms with Gasteiger partial charge in [0.25, 0.3) is 17.1 Å². The number of imide groups is 1. The van der Waals surface area contributed by atoms with Gasteiger partial charge in [0.05, 0.1) is 17.7 Å². The number of methoxy groups -OCH3 is 1. The second-order valence-electron chi connectivity index (χ2n) is 9.80. The van der Waals surface area contributed by atoms with Crippen molar-refractivity contribution in [3.63, 3.8) is 0 Å². The van der Waals surface area contributed by atoms with Gasteiger partial charge in [-0.25, -0.2) is 0 Å². The second-order valence-corrected chi connectivity index (χ2v) is 11.6. The lowest BCUT2D eigenvalue weighted by atomic mass is 10.1. The molecule has 0 atom stereocenters. The molecule has 1 saturated heterocycles. The Bertz CT molecular complexity index is 1620. The Hall–Kier alpha value is -4.09. The molecule has 0 radical (unpaired) electrons. The van der Waals surface area contributed by atoms with Crippen LogP contribution < -0.4 is 20.1 Å². The highest BCUT2D eigenvalue weighted by Gasteiger charge is 2.36. The first kappa shape index (κ1) is 30.9. The summed E-state index contributed by atoms with van der Waals surface area (Å²) in [6.45, 7) is 7.13. The topological polar surface area (TPSA) is 114 Å². The third-order valence-corrected chi connectivity index (χ3v) is 8.10. The predicted octanol–water partition coefficient (Wildman–Crippen LogP) is 6.38. The lowest BCUT2D eigenvalue weighted by Gasteiger charge is -2.14. The zero-order valence-electron chi connectivity index (χ0n) is 23.8. The maximum Gasteiger partial charge on any atom is 0.294 e. The van der Waals surface area contributed by atoms with Crippen molar-refractivity contribution in [1.29, 1.82) is 0 Å². The highest BCUT2D eigenvalue weighted by atomic mass is 79.9. The molecular formula is C31H30BrN3O6S. The van der Waals surface area contributed by atoms with Gasteiger partial charge in [-0.3, -0.25) is 24.1 Å². The SMILES string of the molecule is COc1cc(/C=C2/SC(=O)N(CC(=O)Nc3ccc(C)cc3C)C2=O)ccc1OCC(=O)Nc1cc(C)c(C)cc1Br. The van der Waals surface area contributed by atoms with Crippen molar-refractivity contribution in [2.75, 3.05) is 30.9 Å². The predicted molar refractivity (Wildman–Crippen MR) is 168 cm³/mol. The Morgan fingerprint density at radius 2 is 1.60 bits per heavy atom. The zero-order valence-corrected chi connectivity index (χ0v) is 26.2. The number of hydrogen-bond acceptors (Lipinski definition) is 7. The van der Waals surface area contributed by atoms with Crippen molar-refractivity contribution in [1.82, 2.24) is 4.90 Å². The molecule has 2 N–H and O–H groups in total. The van der Waals surface area contributed by atoms with Gasteiger partial charge in [0.15, 0.2) is 18.1 Å². The molecule has 0 spiro atoms. The molecule has 0 aliphatic carbocycles. The zero-order chi connectivity index (χ0) is 30.6. The molecule has 3 aromatic carbocycles. The number of carbonyl (C=O) groups excluding carboxylic acids is 4. The minimum absolute atomic E-state index is 0.174. The number of hydrogen-bond donors (Lipinski definition) is 2. The molecule has 218 valence electrons. The molecular weight excluding hydrogens is 622 g/mol. The first-order chi connectivity index (χ1) is 19.9. The van der Waals surface area contributed by atoms with E-state index in [1.165, 1.54) is 7.11 Å². The lowest BCUT2D eigenvalue weighted by Crippen LogP contribution is -2.36. The van der Waals surface area contributed by atoms with E-state index in [1.54, 1.807) is 30.3 Å². The number of rotatable bonds is 9. The highest BCUT2D eigenvalue weighted by Crippen LogP contribution is 2.35. The van der Waals surface area contributed by atoms with E-state index in [2.05, 4.69) is 26.6 Å². The fourth-order valence-electron chi connectivity index (χ4n) is 4.17. The van der Waals surface area contributed by atoms with Gasteiger partial charge in [-0.2, -0.15) is 0 Å². The Labute approximate surface area is 256 Å². The van der Waals surface area contributed by atoms with Gasteiger partial charge in [-0.1, -0.05) is 23.8 Å². The fraction of sp³-hybridized carbons (Fsp3) is 0.226. The van der Waals surface area contributed by atoms with Gasteiger partial charge in [-0.05, 0) is 114 Å². The summed E-state index contributed by atoms with van der Waals surface area (Å²) in [6.07, 6.45) is 1.54. The monoisotopic (exact) mass is 651 g/mol. The van der Waals surface area contributed by atoms with E-state index in [4.69, 9.17) is 9.47 Å². The van der Waals surface area contributed by atoms with Crippen LogP contribution in [0.3, 0.4) is 0 Å². The third-order valence-electron chi connectivity index (χ3n) is 6.53. The Morgan fingerprint density at radius 3 is 2.31 bits per heavy atom. The molecule has 9 nitrogen and oxygen atoms in total. The summed E-state index contributed by atoms with van der Waals surface area (Å²) >= 11 is 4.22. The van der Waals surface area contributed by atoms with Crippen LogP contribution in [0.1, 0.15) is 27.8 Å². The average Bonchev–Trinajstić information content (AvgIpc) is 3.19. The molecule has 0 bridgehead atoms. The number of halogens is 1. The number of nitrogens with one attached hydrogen (secondary N) is 2. The second kappa shape index (κ2) is 13.3. The molecule has 4 amide bonds. The molecule has 0 aromatic heterocycles. The summed E-state index contributed by atoms with van der Waals surface area (Å²) < 4.78 is 11.9. The Balaban J connectivity index is 1.39. The van der Waals surface area contributed by atoms with E-state index in [1.807, 2.05) is 52.0 Å². The number of carbonyl (C=O) groups is 4. The minimum Gasteiger partial charge on any atom is -0.493 e. The van der Waals surface area contributed by atoms with Crippen LogP contribution >= 0.6 is 27.7 Å². The van der Waals surface area contributed by atoms with Crippen molar-refractivity contribution in [3.8, 4) is 11.5 Å². The fourth-order valence-corrected chi connectivity index (χ4v) is 5.57. The molecule has 1 heterocycles. The van der Waals surface area contributed by atoms with Crippen molar-refractivity contribution in [2.45, 2.75) is 27.7 Å². The van der Waals surface area contributed by atoms with E-state index in [-0.39, 0.29) is 17.4 Å². The number of ether oxygens (including phenoxy) is 2. The normalized spacial score (nSPS) is 13.9. The van der Waals surface area contributed by atoms with Crippen LogP contribution in [0.15, 0.2) is 57.9 Å². The summed E-state index contributed by atoms with van der Waals surface area (Å²) in [5.74, 6) is -0.701. The molecule has 1 aliphatic rings. The van der Waals surface area contributed by atoms with E-state index in [0.29, 0.717) is 28.4 Å². The van der Waals surface area contributed by atoms with E-state index in [0.717, 1.165) is 43.4 Å². The minimum atomic E-state index is -0.561. The lowest BCUT2D eigenvalue weighted by molar-refractivity contribution is -0.127. The highest BCUT2D eigenvalue weighted by molar-refractivity contribution is 9.10. The molecule has 11 heteroatoms. The first-order valence-corrected chi connectivity index (χ1v) is 14.6. The van der Waals surface area contributed by atoms with Crippen LogP contribution in [0.4, 0.5) is 16.2 Å².